The third-order valence-corrected chi connectivity index (χ3v) is 3.34. The Kier molecular flexibility index (Phi) is 3.56. The van der Waals surface area contributed by atoms with E-state index in [0.29, 0.717) is 17.0 Å². The van der Waals surface area contributed by atoms with Crippen LogP contribution in [0.5, 0.6) is 0 Å². The molecule has 1 saturated carbocycles. The monoisotopic (exact) mass is 244 g/mol. The van der Waals surface area contributed by atoms with E-state index >= 15 is 0 Å². The molecule has 2 atom stereocenters. The highest BCUT2D eigenvalue weighted by Crippen LogP contribution is 2.25. The second-order valence-corrected chi connectivity index (χ2v) is 4.73. The van der Waals surface area contributed by atoms with Crippen LogP contribution in [-0.2, 0) is 0 Å². The van der Waals surface area contributed by atoms with Crippen LogP contribution in [0.1, 0.15) is 41.0 Å². The number of aromatic nitrogens is 2. The van der Waals surface area contributed by atoms with Gasteiger partial charge in [0.25, 0.3) is 5.91 Å². The van der Waals surface area contributed by atoms with E-state index in [-0.39, 0.29) is 17.9 Å². The molecule has 1 aromatic heterocycles. The van der Waals surface area contributed by atoms with Crippen molar-refractivity contribution in [3.63, 3.8) is 0 Å². The van der Waals surface area contributed by atoms with Crippen LogP contribution in [-0.4, -0.2) is 22.1 Å². The molecule has 0 saturated heterocycles. The number of carbonyl (C=O) groups excluding carboxylic acids is 1. The van der Waals surface area contributed by atoms with Gasteiger partial charge in [0.2, 0.25) is 0 Å². The van der Waals surface area contributed by atoms with E-state index in [1.54, 1.807) is 19.9 Å². The molecule has 1 aromatic rings. The van der Waals surface area contributed by atoms with Crippen LogP contribution in [0.15, 0.2) is 6.07 Å². The molecule has 94 valence electrons. The fourth-order valence-electron chi connectivity index (χ4n) is 2.31. The van der Waals surface area contributed by atoms with Gasteiger partial charge < -0.3 is 5.32 Å². The minimum absolute atomic E-state index is 0.0321. The number of nitriles is 1. The second kappa shape index (κ2) is 5.13. The third-order valence-electron chi connectivity index (χ3n) is 3.34. The van der Waals surface area contributed by atoms with Gasteiger partial charge >= 0.3 is 0 Å². The zero-order valence-corrected chi connectivity index (χ0v) is 10.6. The summed E-state index contributed by atoms with van der Waals surface area (Å²) in [6, 6.07) is 3.95. The molecule has 1 heterocycles. The lowest BCUT2D eigenvalue weighted by Gasteiger charge is -2.16. The van der Waals surface area contributed by atoms with Crippen LogP contribution >= 0.6 is 0 Å². The Hall–Kier alpha value is -1.96. The van der Waals surface area contributed by atoms with E-state index in [9.17, 15) is 4.79 Å². The molecule has 1 fully saturated rings. The zero-order chi connectivity index (χ0) is 13.1. The number of nitrogens with one attached hydrogen (secondary N) is 1. The lowest BCUT2D eigenvalue weighted by atomic mass is 10.1. The smallest absolute Gasteiger partial charge is 0.253 e. The highest BCUT2D eigenvalue weighted by atomic mass is 16.1. The van der Waals surface area contributed by atoms with Crippen LogP contribution < -0.4 is 5.32 Å². The molecule has 1 amide bonds. The summed E-state index contributed by atoms with van der Waals surface area (Å²) in [5, 5.41) is 19.8. The molecule has 0 aromatic carbocycles. The first kappa shape index (κ1) is 12.5. The van der Waals surface area contributed by atoms with Gasteiger partial charge in [-0.3, -0.25) is 4.79 Å². The van der Waals surface area contributed by atoms with Gasteiger partial charge in [-0.15, -0.1) is 0 Å². The van der Waals surface area contributed by atoms with Gasteiger partial charge in [-0.25, -0.2) is 0 Å². The Morgan fingerprint density at radius 2 is 2.22 bits per heavy atom. The van der Waals surface area contributed by atoms with Crippen molar-refractivity contribution in [3.05, 3.63) is 23.0 Å². The van der Waals surface area contributed by atoms with E-state index < -0.39 is 0 Å². The first-order chi connectivity index (χ1) is 8.61. The van der Waals surface area contributed by atoms with E-state index in [1.807, 2.05) is 0 Å². The number of hydrogen-bond acceptors (Lipinski definition) is 4. The molecule has 1 N–H and O–H groups in total. The molecule has 2 unspecified atom stereocenters. The van der Waals surface area contributed by atoms with Crippen molar-refractivity contribution in [1.82, 2.24) is 15.5 Å². The summed E-state index contributed by atoms with van der Waals surface area (Å²) in [7, 11) is 0. The predicted molar refractivity (Wildman–Crippen MR) is 65.7 cm³/mol. The van der Waals surface area contributed by atoms with Gasteiger partial charge in [-0.1, -0.05) is 0 Å². The van der Waals surface area contributed by atoms with Crippen molar-refractivity contribution >= 4 is 5.91 Å². The summed E-state index contributed by atoms with van der Waals surface area (Å²) < 4.78 is 0. The lowest BCUT2D eigenvalue weighted by Crippen LogP contribution is -2.37. The Morgan fingerprint density at radius 3 is 2.94 bits per heavy atom. The average Bonchev–Trinajstić information content (AvgIpc) is 2.79. The standard InChI is InChI=1S/C13H16N4O/c1-8-6-11(9(2)17-16-8)13(18)15-12-5-3-4-10(12)7-14/h6,10,12H,3-5H2,1-2H3,(H,15,18). The topological polar surface area (TPSA) is 78.7 Å². The Balaban J connectivity index is 2.13. The summed E-state index contributed by atoms with van der Waals surface area (Å²) in [6.07, 6.45) is 2.74. The van der Waals surface area contributed by atoms with Crippen molar-refractivity contribution in [2.45, 2.75) is 39.2 Å². The van der Waals surface area contributed by atoms with Crippen molar-refractivity contribution in [2.75, 3.05) is 0 Å². The zero-order valence-electron chi connectivity index (χ0n) is 10.6. The predicted octanol–water partition coefficient (Wildman–Crippen LogP) is 1.52. The molecule has 1 aliphatic rings. The number of amides is 1. The highest BCUT2D eigenvalue weighted by molar-refractivity contribution is 5.95. The maximum Gasteiger partial charge on any atom is 0.253 e. The van der Waals surface area contributed by atoms with Gasteiger partial charge in [0.05, 0.1) is 28.9 Å². The van der Waals surface area contributed by atoms with Crippen LogP contribution in [0.25, 0.3) is 0 Å². The molecular weight excluding hydrogens is 228 g/mol. The molecule has 5 heteroatoms. The normalized spacial score (nSPS) is 22.5. The van der Waals surface area contributed by atoms with Gasteiger partial charge in [0.15, 0.2) is 0 Å². The van der Waals surface area contributed by atoms with Gasteiger partial charge in [-0.05, 0) is 39.2 Å². The largest absolute Gasteiger partial charge is 0.348 e. The van der Waals surface area contributed by atoms with E-state index in [1.165, 1.54) is 0 Å². The third kappa shape index (κ3) is 2.48. The van der Waals surface area contributed by atoms with Crippen LogP contribution in [0.2, 0.25) is 0 Å². The van der Waals surface area contributed by atoms with Crippen LogP contribution in [0.4, 0.5) is 0 Å². The quantitative estimate of drug-likeness (QED) is 0.855. The van der Waals surface area contributed by atoms with Crippen LogP contribution in [0.3, 0.4) is 0 Å². The maximum absolute atomic E-state index is 12.1. The number of carbonyl (C=O) groups is 1. The van der Waals surface area contributed by atoms with Gasteiger partial charge in [0, 0.05) is 6.04 Å². The van der Waals surface area contributed by atoms with E-state index in [4.69, 9.17) is 5.26 Å². The van der Waals surface area contributed by atoms with Crippen molar-refractivity contribution < 1.29 is 4.79 Å². The molecule has 2 rings (SSSR count). The molecule has 0 spiro atoms. The first-order valence-corrected chi connectivity index (χ1v) is 6.13. The lowest BCUT2D eigenvalue weighted by molar-refractivity contribution is 0.0931. The molecule has 1 aliphatic carbocycles. The molecule has 18 heavy (non-hydrogen) atoms. The summed E-state index contributed by atoms with van der Waals surface area (Å²) in [5.41, 5.74) is 1.88. The Morgan fingerprint density at radius 1 is 1.44 bits per heavy atom. The van der Waals surface area contributed by atoms with E-state index in [2.05, 4.69) is 21.6 Å². The Bertz CT molecular complexity index is 506. The summed E-state index contributed by atoms with van der Waals surface area (Å²) in [4.78, 5) is 12.1. The second-order valence-electron chi connectivity index (χ2n) is 4.73. The SMILES string of the molecule is Cc1cc(C(=O)NC2CCCC2C#N)c(C)nn1. The average molecular weight is 244 g/mol. The van der Waals surface area contributed by atoms with Gasteiger partial charge in [0.1, 0.15) is 0 Å². The van der Waals surface area contributed by atoms with Crippen molar-refractivity contribution in [2.24, 2.45) is 5.92 Å². The number of hydrogen-bond donors (Lipinski definition) is 1. The number of nitrogens with zero attached hydrogens (tertiary/aromatic N) is 3. The fourth-order valence-corrected chi connectivity index (χ4v) is 2.31. The van der Waals surface area contributed by atoms with Crippen LogP contribution in [0, 0.1) is 31.1 Å². The molecule has 0 bridgehead atoms. The summed E-state index contributed by atoms with van der Waals surface area (Å²) >= 11 is 0. The molecule has 5 nitrogen and oxygen atoms in total. The number of rotatable bonds is 2. The van der Waals surface area contributed by atoms with Gasteiger partial charge in [-0.2, -0.15) is 15.5 Å². The molecule has 0 aliphatic heterocycles. The fraction of sp³-hybridized carbons (Fsp3) is 0.538. The van der Waals surface area contributed by atoms with E-state index in [0.717, 1.165) is 19.3 Å². The minimum Gasteiger partial charge on any atom is -0.348 e. The summed E-state index contributed by atoms with van der Waals surface area (Å²) in [6.45, 7) is 3.56. The van der Waals surface area contributed by atoms with Crippen molar-refractivity contribution in [1.29, 1.82) is 5.26 Å². The van der Waals surface area contributed by atoms with Crippen molar-refractivity contribution in [3.8, 4) is 6.07 Å². The summed E-state index contributed by atoms with van der Waals surface area (Å²) in [5.74, 6) is -0.220. The Labute approximate surface area is 106 Å². The number of aryl methyl sites for hydroxylation is 2. The molecular formula is C13H16N4O. The maximum atomic E-state index is 12.1. The first-order valence-electron chi connectivity index (χ1n) is 6.13. The highest BCUT2D eigenvalue weighted by Gasteiger charge is 2.29. The minimum atomic E-state index is -0.155. The molecule has 0 radical (unpaired) electrons.